The summed E-state index contributed by atoms with van der Waals surface area (Å²) in [5.74, 6) is 0.336. The first-order chi connectivity index (χ1) is 20.4. The fraction of sp³-hybridized carbons (Fsp3) is 0.387. The number of nitrogens with one attached hydrogen (secondary N) is 3. The molecule has 0 radical (unpaired) electrons. The van der Waals surface area contributed by atoms with Gasteiger partial charge in [0.15, 0.2) is 5.65 Å². The Hall–Kier alpha value is -4.09. The normalized spacial score (nSPS) is 13.5. The summed E-state index contributed by atoms with van der Waals surface area (Å²) in [4.78, 5) is 25.0. The number of carbonyl (C=O) groups excluding carboxylic acids is 1. The summed E-state index contributed by atoms with van der Waals surface area (Å²) >= 11 is 1.49. The number of aromatic nitrogens is 3. The summed E-state index contributed by atoms with van der Waals surface area (Å²) in [5, 5.41) is 33.7. The van der Waals surface area contributed by atoms with E-state index in [9.17, 15) is 9.90 Å². The number of nitrogens with zero attached hydrogens (tertiary/aromatic N) is 4. The molecule has 1 amide bonds. The third-order valence-corrected chi connectivity index (χ3v) is 7.54. The Morgan fingerprint density at radius 1 is 1.14 bits per heavy atom. The van der Waals surface area contributed by atoms with Crippen molar-refractivity contribution >= 4 is 40.5 Å². The van der Waals surface area contributed by atoms with Gasteiger partial charge in [-0.1, -0.05) is 27.7 Å². The highest BCUT2D eigenvalue weighted by Gasteiger charge is 2.26. The number of anilines is 1. The zero-order valence-corrected chi connectivity index (χ0v) is 25.4. The second-order valence-corrected chi connectivity index (χ2v) is 11.1. The zero-order chi connectivity index (χ0) is 30.2. The van der Waals surface area contributed by atoms with Crippen LogP contribution in [-0.2, 0) is 4.74 Å². The molecule has 1 unspecified atom stereocenters. The minimum Gasteiger partial charge on any atom is -0.420 e. The third-order valence-electron chi connectivity index (χ3n) is 6.86. The first-order valence-corrected chi connectivity index (χ1v) is 15.3. The van der Waals surface area contributed by atoms with E-state index in [4.69, 9.17) is 20.5 Å². The average Bonchev–Trinajstić information content (AvgIpc) is 3.78. The van der Waals surface area contributed by atoms with Crippen molar-refractivity contribution in [3.05, 3.63) is 70.3 Å². The third kappa shape index (κ3) is 6.85. The maximum atomic E-state index is 13.5. The molecule has 1 fully saturated rings. The average molecular weight is 590 g/mol. The second-order valence-electron chi connectivity index (χ2n) is 10.3. The molecule has 0 saturated carbocycles. The summed E-state index contributed by atoms with van der Waals surface area (Å²) in [6, 6.07) is 8.53. The van der Waals surface area contributed by atoms with E-state index in [1.807, 2.05) is 50.6 Å². The smallest absolute Gasteiger partial charge is 0.270 e. The first kappa shape index (κ1) is 30.9. The lowest BCUT2D eigenvalue weighted by Gasteiger charge is -2.18. The van der Waals surface area contributed by atoms with Crippen molar-refractivity contribution in [1.29, 1.82) is 10.8 Å². The van der Waals surface area contributed by atoms with Gasteiger partial charge in [-0.25, -0.2) is 9.97 Å². The van der Waals surface area contributed by atoms with Crippen LogP contribution in [0.3, 0.4) is 0 Å². The van der Waals surface area contributed by atoms with Crippen molar-refractivity contribution in [3.63, 3.8) is 0 Å². The molecule has 5 heterocycles. The molecule has 11 heteroatoms. The number of carbonyl (C=O) groups is 1. The lowest BCUT2D eigenvalue weighted by Crippen LogP contribution is -2.39. The van der Waals surface area contributed by atoms with Crippen LogP contribution < -0.4 is 10.2 Å². The SMILES string of the molecule is CC.CC(C)CC(CO)NC(=O)c1c(-c2ccsc2)nc2c(C(=N)OC(=N)c3ccc(N4CCCC4)nc3)cccn12. The van der Waals surface area contributed by atoms with Crippen molar-refractivity contribution in [3.8, 4) is 11.3 Å². The predicted octanol–water partition coefficient (Wildman–Crippen LogP) is 5.59. The summed E-state index contributed by atoms with van der Waals surface area (Å²) in [6.45, 7) is 9.85. The maximum absolute atomic E-state index is 13.5. The monoisotopic (exact) mass is 589 g/mol. The molecule has 1 aliphatic rings. The van der Waals surface area contributed by atoms with Gasteiger partial charge in [-0.3, -0.25) is 20.0 Å². The van der Waals surface area contributed by atoms with E-state index in [2.05, 4.69) is 15.2 Å². The molecule has 0 aliphatic carbocycles. The number of ether oxygens (including phenoxy) is 1. The van der Waals surface area contributed by atoms with Gasteiger partial charge in [0.1, 0.15) is 17.2 Å². The van der Waals surface area contributed by atoms with Crippen LogP contribution >= 0.6 is 11.3 Å². The number of fused-ring (bicyclic) bond motifs is 1. The van der Waals surface area contributed by atoms with Crippen molar-refractivity contribution in [2.75, 3.05) is 24.6 Å². The molecule has 222 valence electrons. The molecule has 4 aromatic rings. The Kier molecular flexibility index (Phi) is 10.4. The summed E-state index contributed by atoms with van der Waals surface area (Å²) < 4.78 is 7.28. The van der Waals surface area contributed by atoms with Gasteiger partial charge in [0.05, 0.1) is 23.8 Å². The minimum atomic E-state index is -0.399. The van der Waals surface area contributed by atoms with Crippen LogP contribution in [0, 0.1) is 16.7 Å². The van der Waals surface area contributed by atoms with Crippen LogP contribution in [0.15, 0.2) is 53.5 Å². The number of aliphatic hydroxyl groups excluding tert-OH is 1. The van der Waals surface area contributed by atoms with Gasteiger partial charge in [0.25, 0.3) is 5.91 Å². The van der Waals surface area contributed by atoms with Gasteiger partial charge in [-0.05, 0) is 60.9 Å². The van der Waals surface area contributed by atoms with E-state index in [0.717, 1.165) is 37.3 Å². The number of hydrogen-bond acceptors (Lipinski definition) is 9. The van der Waals surface area contributed by atoms with Gasteiger partial charge in [-0.2, -0.15) is 11.3 Å². The molecule has 0 bridgehead atoms. The topological polar surface area (TPSA) is 140 Å². The molecule has 5 rings (SSSR count). The molecule has 10 nitrogen and oxygen atoms in total. The molecule has 4 aromatic heterocycles. The van der Waals surface area contributed by atoms with Crippen LogP contribution in [0.4, 0.5) is 5.82 Å². The second kappa shape index (κ2) is 14.2. The summed E-state index contributed by atoms with van der Waals surface area (Å²) in [7, 11) is 0. The van der Waals surface area contributed by atoms with E-state index in [1.165, 1.54) is 11.3 Å². The van der Waals surface area contributed by atoms with Crippen LogP contribution in [-0.4, -0.2) is 62.9 Å². The maximum Gasteiger partial charge on any atom is 0.270 e. The minimum absolute atomic E-state index is 0.172. The van der Waals surface area contributed by atoms with Crippen molar-refractivity contribution < 1.29 is 14.6 Å². The first-order valence-electron chi connectivity index (χ1n) is 14.4. The molecule has 1 aliphatic heterocycles. The Balaban J connectivity index is 0.00000198. The fourth-order valence-electron chi connectivity index (χ4n) is 4.93. The van der Waals surface area contributed by atoms with E-state index >= 15 is 0 Å². The number of aliphatic hydroxyl groups is 1. The van der Waals surface area contributed by atoms with Crippen molar-refractivity contribution in [2.45, 2.75) is 53.0 Å². The van der Waals surface area contributed by atoms with Gasteiger partial charge in [0.2, 0.25) is 11.8 Å². The Morgan fingerprint density at radius 2 is 1.90 bits per heavy atom. The number of imidazole rings is 1. The van der Waals surface area contributed by atoms with E-state index < -0.39 is 6.04 Å². The zero-order valence-electron chi connectivity index (χ0n) is 24.6. The van der Waals surface area contributed by atoms with Crippen molar-refractivity contribution in [2.24, 2.45) is 5.92 Å². The van der Waals surface area contributed by atoms with Gasteiger partial charge in [0, 0.05) is 36.4 Å². The van der Waals surface area contributed by atoms with Crippen molar-refractivity contribution in [1.82, 2.24) is 19.7 Å². The molecule has 0 aromatic carbocycles. The fourth-order valence-corrected chi connectivity index (χ4v) is 5.57. The number of amides is 1. The highest BCUT2D eigenvalue weighted by molar-refractivity contribution is 7.08. The Labute approximate surface area is 250 Å². The Bertz CT molecular complexity index is 1510. The highest BCUT2D eigenvalue weighted by atomic mass is 32.1. The highest BCUT2D eigenvalue weighted by Crippen LogP contribution is 2.28. The molecular formula is C31H39N7O3S. The van der Waals surface area contributed by atoms with Gasteiger partial charge < -0.3 is 20.1 Å². The number of thiophene rings is 1. The largest absolute Gasteiger partial charge is 0.420 e. The van der Waals surface area contributed by atoms with Crippen LogP contribution in [0.5, 0.6) is 0 Å². The molecule has 0 spiro atoms. The number of hydrogen-bond donors (Lipinski definition) is 4. The summed E-state index contributed by atoms with van der Waals surface area (Å²) in [6.07, 6.45) is 6.23. The molecule has 1 saturated heterocycles. The Morgan fingerprint density at radius 3 is 2.52 bits per heavy atom. The lowest BCUT2D eigenvalue weighted by molar-refractivity contribution is 0.0903. The van der Waals surface area contributed by atoms with Crippen LogP contribution in [0.2, 0.25) is 0 Å². The molecule has 42 heavy (non-hydrogen) atoms. The quantitative estimate of drug-likeness (QED) is 0.148. The molecular weight excluding hydrogens is 550 g/mol. The molecule has 1 atom stereocenters. The van der Waals surface area contributed by atoms with E-state index in [0.29, 0.717) is 40.5 Å². The number of rotatable bonds is 9. The summed E-state index contributed by atoms with van der Waals surface area (Å²) in [5.41, 5.74) is 2.71. The van der Waals surface area contributed by atoms with Gasteiger partial charge in [-0.15, -0.1) is 0 Å². The predicted molar refractivity (Wildman–Crippen MR) is 168 cm³/mol. The molecule has 4 N–H and O–H groups in total. The van der Waals surface area contributed by atoms with Gasteiger partial charge >= 0.3 is 0 Å². The van der Waals surface area contributed by atoms with Crippen LogP contribution in [0.1, 0.15) is 68.6 Å². The van der Waals surface area contributed by atoms with Crippen LogP contribution in [0.25, 0.3) is 16.9 Å². The van der Waals surface area contributed by atoms with E-state index in [-0.39, 0.29) is 24.3 Å². The van der Waals surface area contributed by atoms with E-state index in [1.54, 1.807) is 35.0 Å². The lowest BCUT2D eigenvalue weighted by atomic mass is 10.0. The standard InChI is InChI=1S/C29H33N7O3S.C2H6/c1-18(2)14-21(16-37)33-29(38)25-24(20-9-13-40-17-20)34-28-22(6-5-12-36(25)28)27(31)39-26(30)19-7-8-23(32-15-19)35-10-3-4-11-35;1-2/h5-9,12-13,15,17-18,21,30-31,37H,3-4,10-11,14,16H2,1-2H3,(H,33,38);1-2H3. The number of pyridine rings is 2.